The number of hydrogen-bond donors (Lipinski definition) is 2. The second kappa shape index (κ2) is 9.01. The molecule has 28 heavy (non-hydrogen) atoms. The zero-order valence-corrected chi connectivity index (χ0v) is 17.7. The lowest BCUT2D eigenvalue weighted by Crippen LogP contribution is -2.29. The third-order valence-electron chi connectivity index (χ3n) is 3.42. The number of anilines is 2. The van der Waals surface area contributed by atoms with Gasteiger partial charge in [0.05, 0.1) is 11.4 Å². The molecule has 2 N–H and O–H groups in total. The van der Waals surface area contributed by atoms with Crippen molar-refractivity contribution in [1.29, 1.82) is 0 Å². The summed E-state index contributed by atoms with van der Waals surface area (Å²) in [6.07, 6.45) is 3.92. The molecule has 1 aromatic rings. The van der Waals surface area contributed by atoms with Gasteiger partial charge in [0.15, 0.2) is 0 Å². The Kier molecular flexibility index (Phi) is 6.95. The van der Waals surface area contributed by atoms with E-state index in [1.54, 1.807) is 51.3 Å². The van der Waals surface area contributed by atoms with Gasteiger partial charge in [0, 0.05) is 22.8 Å². The van der Waals surface area contributed by atoms with E-state index in [1.807, 2.05) is 6.92 Å². The highest BCUT2D eigenvalue weighted by atomic mass is 79.9. The summed E-state index contributed by atoms with van der Waals surface area (Å²) in [5.74, 6) is -0.854. The number of carbonyl (C=O) groups excluding carboxylic acids is 3. The molecule has 0 aromatic heterocycles. The normalized spacial score (nSPS) is 15.9. The molecule has 0 aliphatic carbocycles. The molecule has 1 heterocycles. The standard InChI is InChI=1S/C19H23BrN4O4/c1-12-7-8-24(21-11-12)17(26)10-16(25)22-15-9-13(20)5-6-14(15)23-18(27)28-19(2,3)4/h5-9,11-12H,10H2,1-4H3,(H,22,25)(H,23,27). The Bertz CT molecular complexity index is 816. The zero-order valence-electron chi connectivity index (χ0n) is 16.2. The van der Waals surface area contributed by atoms with Crippen molar-refractivity contribution < 1.29 is 19.1 Å². The van der Waals surface area contributed by atoms with Crippen LogP contribution >= 0.6 is 15.9 Å². The van der Waals surface area contributed by atoms with Gasteiger partial charge in [0.2, 0.25) is 5.91 Å². The molecule has 1 atom stereocenters. The zero-order chi connectivity index (χ0) is 20.9. The number of carbonyl (C=O) groups is 3. The maximum atomic E-state index is 12.3. The van der Waals surface area contributed by atoms with Gasteiger partial charge in [0.1, 0.15) is 12.0 Å². The van der Waals surface area contributed by atoms with Crippen molar-refractivity contribution in [3.8, 4) is 0 Å². The van der Waals surface area contributed by atoms with Crippen molar-refractivity contribution in [2.45, 2.75) is 39.7 Å². The van der Waals surface area contributed by atoms with Gasteiger partial charge in [-0.1, -0.05) is 28.9 Å². The Balaban J connectivity index is 2.04. The van der Waals surface area contributed by atoms with Gasteiger partial charge in [0.25, 0.3) is 5.91 Å². The molecule has 1 aliphatic heterocycles. The molecule has 8 nitrogen and oxygen atoms in total. The number of benzene rings is 1. The second-order valence-electron chi connectivity index (χ2n) is 7.25. The van der Waals surface area contributed by atoms with Crippen molar-refractivity contribution in [2.24, 2.45) is 11.0 Å². The molecule has 0 spiro atoms. The minimum Gasteiger partial charge on any atom is -0.444 e. The average Bonchev–Trinajstić information content (AvgIpc) is 2.56. The van der Waals surface area contributed by atoms with Crippen LogP contribution in [0.15, 0.2) is 40.0 Å². The first-order valence-corrected chi connectivity index (χ1v) is 9.47. The molecule has 0 saturated carbocycles. The fourth-order valence-corrected chi connectivity index (χ4v) is 2.55. The summed E-state index contributed by atoms with van der Waals surface area (Å²) in [5, 5.41) is 10.3. The Hall–Kier alpha value is -2.68. The van der Waals surface area contributed by atoms with E-state index >= 15 is 0 Å². The number of halogens is 1. The lowest BCUT2D eigenvalue weighted by atomic mass is 10.2. The van der Waals surface area contributed by atoms with Crippen LogP contribution in [0.5, 0.6) is 0 Å². The SMILES string of the molecule is CC1C=CN(C(=O)CC(=O)Nc2cc(Br)ccc2NC(=O)OC(C)(C)C)N=C1. The van der Waals surface area contributed by atoms with Crippen LogP contribution in [0.2, 0.25) is 0 Å². The van der Waals surface area contributed by atoms with Crippen molar-refractivity contribution in [2.75, 3.05) is 10.6 Å². The second-order valence-corrected chi connectivity index (χ2v) is 8.16. The number of ether oxygens (including phenoxy) is 1. The Morgan fingerprint density at radius 1 is 1.21 bits per heavy atom. The van der Waals surface area contributed by atoms with Gasteiger partial charge in [-0.2, -0.15) is 5.10 Å². The van der Waals surface area contributed by atoms with Crippen LogP contribution in [0.3, 0.4) is 0 Å². The number of hydrogen-bond acceptors (Lipinski definition) is 5. The monoisotopic (exact) mass is 450 g/mol. The number of allylic oxidation sites excluding steroid dienone is 1. The first-order chi connectivity index (χ1) is 13.0. The summed E-state index contributed by atoms with van der Waals surface area (Å²) < 4.78 is 5.92. The predicted molar refractivity (Wildman–Crippen MR) is 111 cm³/mol. The van der Waals surface area contributed by atoms with Crippen LogP contribution in [-0.4, -0.2) is 34.7 Å². The summed E-state index contributed by atoms with van der Waals surface area (Å²) in [7, 11) is 0. The summed E-state index contributed by atoms with van der Waals surface area (Å²) in [4.78, 5) is 36.5. The van der Waals surface area contributed by atoms with Crippen molar-refractivity contribution in [1.82, 2.24) is 5.01 Å². The molecule has 150 valence electrons. The third kappa shape index (κ3) is 6.80. The van der Waals surface area contributed by atoms with Gasteiger partial charge < -0.3 is 10.1 Å². The maximum absolute atomic E-state index is 12.3. The molecule has 1 aromatic carbocycles. The van der Waals surface area contributed by atoms with E-state index in [9.17, 15) is 14.4 Å². The first kappa shape index (κ1) is 21.6. The van der Waals surface area contributed by atoms with E-state index in [1.165, 1.54) is 6.20 Å². The van der Waals surface area contributed by atoms with Gasteiger partial charge >= 0.3 is 6.09 Å². The summed E-state index contributed by atoms with van der Waals surface area (Å²) in [5.41, 5.74) is 0.0298. The highest BCUT2D eigenvalue weighted by Gasteiger charge is 2.20. The molecular weight excluding hydrogens is 428 g/mol. The summed E-state index contributed by atoms with van der Waals surface area (Å²) in [6, 6.07) is 4.95. The Morgan fingerprint density at radius 3 is 2.54 bits per heavy atom. The van der Waals surface area contributed by atoms with Gasteiger partial charge in [-0.15, -0.1) is 0 Å². The third-order valence-corrected chi connectivity index (χ3v) is 3.91. The van der Waals surface area contributed by atoms with Crippen molar-refractivity contribution >= 4 is 51.4 Å². The summed E-state index contributed by atoms with van der Waals surface area (Å²) in [6.45, 7) is 7.18. The van der Waals surface area contributed by atoms with Gasteiger partial charge in [-0.25, -0.2) is 9.80 Å². The largest absolute Gasteiger partial charge is 0.444 e. The fraction of sp³-hybridized carbons (Fsp3) is 0.368. The molecule has 1 unspecified atom stereocenters. The lowest BCUT2D eigenvalue weighted by Gasteiger charge is -2.21. The molecule has 1 aliphatic rings. The van der Waals surface area contributed by atoms with Gasteiger partial charge in [-0.05, 0) is 39.0 Å². The lowest BCUT2D eigenvalue weighted by molar-refractivity contribution is -0.132. The number of nitrogens with zero attached hydrogens (tertiary/aromatic N) is 2. The molecule has 0 radical (unpaired) electrons. The minimum absolute atomic E-state index is 0.140. The van der Waals surface area contributed by atoms with Crippen molar-refractivity contribution in [3.63, 3.8) is 0 Å². The molecule has 0 saturated heterocycles. The Morgan fingerprint density at radius 2 is 1.93 bits per heavy atom. The highest BCUT2D eigenvalue weighted by molar-refractivity contribution is 9.10. The Labute approximate surface area is 172 Å². The molecule has 2 rings (SSSR count). The molecular formula is C19H23BrN4O4. The van der Waals surface area contributed by atoms with Crippen LogP contribution < -0.4 is 10.6 Å². The van der Waals surface area contributed by atoms with Crippen LogP contribution in [0, 0.1) is 5.92 Å². The van der Waals surface area contributed by atoms with E-state index in [4.69, 9.17) is 4.74 Å². The number of nitrogens with one attached hydrogen (secondary N) is 2. The van der Waals surface area contributed by atoms with Crippen molar-refractivity contribution in [3.05, 3.63) is 34.9 Å². The van der Waals surface area contributed by atoms with Gasteiger partial charge in [-0.3, -0.25) is 14.9 Å². The topological polar surface area (TPSA) is 100 Å². The average molecular weight is 451 g/mol. The van der Waals surface area contributed by atoms with Crippen LogP contribution in [0.4, 0.5) is 16.2 Å². The van der Waals surface area contributed by atoms with E-state index in [-0.39, 0.29) is 5.92 Å². The number of rotatable bonds is 4. The summed E-state index contributed by atoms with van der Waals surface area (Å²) >= 11 is 3.32. The predicted octanol–water partition coefficient (Wildman–Crippen LogP) is 4.10. The quantitative estimate of drug-likeness (QED) is 0.674. The molecule has 9 heteroatoms. The van der Waals surface area contributed by atoms with E-state index in [0.717, 1.165) is 5.01 Å². The van der Waals surface area contributed by atoms with E-state index in [2.05, 4.69) is 31.7 Å². The van der Waals surface area contributed by atoms with Crippen LogP contribution in [-0.2, 0) is 14.3 Å². The van der Waals surface area contributed by atoms with E-state index in [0.29, 0.717) is 15.8 Å². The number of hydrazone groups is 1. The van der Waals surface area contributed by atoms with E-state index < -0.39 is 29.9 Å². The number of amides is 3. The smallest absolute Gasteiger partial charge is 0.412 e. The fourth-order valence-electron chi connectivity index (χ4n) is 2.19. The van der Waals surface area contributed by atoms with Crippen LogP contribution in [0.1, 0.15) is 34.1 Å². The maximum Gasteiger partial charge on any atom is 0.412 e. The van der Waals surface area contributed by atoms with Crippen LogP contribution in [0.25, 0.3) is 0 Å². The minimum atomic E-state index is -0.657. The highest BCUT2D eigenvalue weighted by Crippen LogP contribution is 2.27. The molecule has 0 bridgehead atoms. The first-order valence-electron chi connectivity index (χ1n) is 8.67. The molecule has 3 amide bonds. The molecule has 0 fully saturated rings.